The molecule has 9 nitrogen and oxygen atoms in total. The predicted molar refractivity (Wildman–Crippen MR) is 101 cm³/mol. The Kier molecular flexibility index (Phi) is 7.32. The molecule has 3 aliphatic heterocycles. The summed E-state index contributed by atoms with van der Waals surface area (Å²) in [6, 6.07) is 1.95. The van der Waals surface area contributed by atoms with Crippen LogP contribution in [0.1, 0.15) is 12.8 Å². The largest absolute Gasteiger partial charge is 0.378 e. The molecule has 3 heterocycles. The first-order valence-electron chi connectivity index (χ1n) is 9.44. The van der Waals surface area contributed by atoms with Gasteiger partial charge < -0.3 is 14.5 Å². The van der Waals surface area contributed by atoms with E-state index in [4.69, 9.17) is 15.8 Å². The van der Waals surface area contributed by atoms with Gasteiger partial charge >= 0.3 is 0 Å². The van der Waals surface area contributed by atoms with E-state index < -0.39 is 0 Å². The van der Waals surface area contributed by atoms with Crippen LogP contribution < -0.4 is 5.84 Å². The Balaban J connectivity index is 1.40. The third-order valence-corrected chi connectivity index (χ3v) is 6.43. The van der Waals surface area contributed by atoms with Crippen LogP contribution in [0.15, 0.2) is 0 Å². The van der Waals surface area contributed by atoms with E-state index in [0.29, 0.717) is 44.5 Å². The van der Waals surface area contributed by atoms with Crippen LogP contribution >= 0.6 is 11.8 Å². The van der Waals surface area contributed by atoms with E-state index in [1.807, 2.05) is 4.90 Å². The number of carbonyl (C=O) groups is 2. The number of piperidine rings is 1. The van der Waals surface area contributed by atoms with Crippen LogP contribution in [-0.4, -0.2) is 108 Å². The first-order chi connectivity index (χ1) is 13.1. The minimum atomic E-state index is -0.344. The van der Waals surface area contributed by atoms with Gasteiger partial charge in [0.05, 0.1) is 38.2 Å². The molecule has 1 unspecified atom stereocenters. The van der Waals surface area contributed by atoms with E-state index in [1.165, 1.54) is 0 Å². The molecule has 3 aliphatic rings. The van der Waals surface area contributed by atoms with Crippen molar-refractivity contribution >= 4 is 23.6 Å². The lowest BCUT2D eigenvalue weighted by atomic mass is 10.0. The summed E-state index contributed by atoms with van der Waals surface area (Å²) < 4.78 is 5.29. The second-order valence-corrected chi connectivity index (χ2v) is 8.18. The third-order valence-electron chi connectivity index (χ3n) is 5.42. The number of carbonyl (C=O) groups excluding carboxylic acids is 2. The van der Waals surface area contributed by atoms with Gasteiger partial charge in [0.2, 0.25) is 11.8 Å². The van der Waals surface area contributed by atoms with Crippen LogP contribution in [-0.2, 0) is 14.3 Å². The Labute approximate surface area is 164 Å². The van der Waals surface area contributed by atoms with Crippen LogP contribution in [0.2, 0.25) is 0 Å². The van der Waals surface area contributed by atoms with Crippen molar-refractivity contribution in [1.29, 1.82) is 5.26 Å². The minimum absolute atomic E-state index is 0.0843. The number of ether oxygens (including phenoxy) is 1. The molecule has 0 aliphatic carbocycles. The van der Waals surface area contributed by atoms with Crippen LogP contribution in [0, 0.1) is 11.3 Å². The van der Waals surface area contributed by atoms with Crippen LogP contribution in [0.5, 0.6) is 0 Å². The van der Waals surface area contributed by atoms with Gasteiger partial charge in [-0.2, -0.15) is 5.26 Å². The fourth-order valence-electron chi connectivity index (χ4n) is 3.68. The normalized spacial score (nSPS) is 25.0. The lowest BCUT2D eigenvalue weighted by Gasteiger charge is -2.37. The van der Waals surface area contributed by atoms with Gasteiger partial charge in [0.1, 0.15) is 6.04 Å². The van der Waals surface area contributed by atoms with E-state index in [0.717, 1.165) is 25.9 Å². The molecule has 150 valence electrons. The highest BCUT2D eigenvalue weighted by molar-refractivity contribution is 7.99. The summed E-state index contributed by atoms with van der Waals surface area (Å²) >= 11 is 1.60. The van der Waals surface area contributed by atoms with Gasteiger partial charge in [0, 0.05) is 38.0 Å². The number of likely N-dealkylation sites (tertiary alicyclic amines) is 1. The molecule has 0 spiro atoms. The summed E-state index contributed by atoms with van der Waals surface area (Å²) in [7, 11) is 0. The third kappa shape index (κ3) is 5.33. The number of nitrogens with zero attached hydrogens (tertiary/aromatic N) is 5. The Morgan fingerprint density at radius 2 is 1.89 bits per heavy atom. The van der Waals surface area contributed by atoms with Crippen molar-refractivity contribution in [3.8, 4) is 6.07 Å². The van der Waals surface area contributed by atoms with E-state index >= 15 is 0 Å². The van der Waals surface area contributed by atoms with Crippen molar-refractivity contribution in [2.75, 3.05) is 64.1 Å². The van der Waals surface area contributed by atoms with E-state index in [9.17, 15) is 9.59 Å². The Morgan fingerprint density at radius 1 is 1.19 bits per heavy atom. The van der Waals surface area contributed by atoms with Gasteiger partial charge in [-0.05, 0) is 12.8 Å². The molecule has 27 heavy (non-hydrogen) atoms. The fraction of sp³-hybridized carbons (Fsp3) is 0.824. The molecular weight excluding hydrogens is 368 g/mol. The second-order valence-electron chi connectivity index (χ2n) is 7.18. The lowest BCUT2D eigenvalue weighted by molar-refractivity contribution is -0.136. The minimum Gasteiger partial charge on any atom is -0.378 e. The molecule has 0 aromatic heterocycles. The number of hydrogen-bond acceptors (Lipinski definition) is 8. The van der Waals surface area contributed by atoms with E-state index in [2.05, 4.69) is 11.0 Å². The summed E-state index contributed by atoms with van der Waals surface area (Å²) in [6.07, 6.45) is 1.66. The number of rotatable bonds is 5. The monoisotopic (exact) mass is 396 g/mol. The average molecular weight is 397 g/mol. The number of morpholine rings is 1. The Bertz CT molecular complexity index is 572. The van der Waals surface area contributed by atoms with Crippen molar-refractivity contribution in [3.63, 3.8) is 0 Å². The smallest absolute Gasteiger partial charge is 0.239 e. The average Bonchev–Trinajstić information content (AvgIpc) is 3.18. The van der Waals surface area contributed by atoms with Crippen molar-refractivity contribution in [1.82, 2.24) is 19.7 Å². The number of hydrogen-bond donors (Lipinski definition) is 1. The molecule has 3 fully saturated rings. The maximum absolute atomic E-state index is 12.4. The molecule has 0 aromatic rings. The quantitative estimate of drug-likeness (QED) is 0.462. The van der Waals surface area contributed by atoms with Gasteiger partial charge in [0.25, 0.3) is 0 Å². The Morgan fingerprint density at radius 3 is 2.56 bits per heavy atom. The number of hydrazine groups is 1. The maximum Gasteiger partial charge on any atom is 0.239 e. The van der Waals surface area contributed by atoms with Crippen LogP contribution in [0.25, 0.3) is 0 Å². The predicted octanol–water partition coefficient (Wildman–Crippen LogP) is -1.09. The molecule has 2 N–H and O–H groups in total. The van der Waals surface area contributed by atoms with Crippen molar-refractivity contribution < 1.29 is 14.3 Å². The molecule has 1 atom stereocenters. The van der Waals surface area contributed by atoms with Gasteiger partial charge in [-0.15, -0.1) is 11.8 Å². The number of nitrogens with two attached hydrogens (primary N) is 1. The van der Waals surface area contributed by atoms with Crippen molar-refractivity contribution in [2.24, 2.45) is 5.84 Å². The SMILES string of the molecule is N#CC1CSCN1C(=O)CN(N)C1CCN(CC(=O)N2CCOCC2)CC1. The maximum atomic E-state index is 12.4. The van der Waals surface area contributed by atoms with Crippen LogP contribution in [0.3, 0.4) is 0 Å². The summed E-state index contributed by atoms with van der Waals surface area (Å²) in [5, 5.41) is 10.7. The van der Waals surface area contributed by atoms with E-state index in [-0.39, 0.29) is 30.4 Å². The topological polar surface area (TPSA) is 106 Å². The lowest BCUT2D eigenvalue weighted by Crippen LogP contribution is -2.54. The zero-order chi connectivity index (χ0) is 19.2. The van der Waals surface area contributed by atoms with Crippen molar-refractivity contribution in [3.05, 3.63) is 0 Å². The standard InChI is InChI=1S/C17H28N6O3S/c18-9-15-12-27-13-22(15)17(25)11-23(19)14-1-3-20(4-2-14)10-16(24)21-5-7-26-8-6-21/h14-15H,1-8,10-13,19H2. The highest BCUT2D eigenvalue weighted by atomic mass is 32.2. The molecular formula is C17H28N6O3S. The zero-order valence-electron chi connectivity index (χ0n) is 15.6. The van der Waals surface area contributed by atoms with Crippen molar-refractivity contribution in [2.45, 2.75) is 24.9 Å². The van der Waals surface area contributed by atoms with E-state index in [1.54, 1.807) is 21.7 Å². The molecule has 0 bridgehead atoms. The summed E-state index contributed by atoms with van der Waals surface area (Å²) in [6.45, 7) is 4.74. The summed E-state index contributed by atoms with van der Waals surface area (Å²) in [5.41, 5.74) is 0. The highest BCUT2D eigenvalue weighted by Gasteiger charge is 2.32. The summed E-state index contributed by atoms with van der Waals surface area (Å²) in [5.74, 6) is 7.46. The molecule has 10 heteroatoms. The number of nitriles is 1. The van der Waals surface area contributed by atoms with Gasteiger partial charge in [-0.1, -0.05) is 0 Å². The Hall–Kier alpha value is -1.38. The second kappa shape index (κ2) is 9.71. The highest BCUT2D eigenvalue weighted by Crippen LogP contribution is 2.21. The molecule has 0 saturated carbocycles. The zero-order valence-corrected chi connectivity index (χ0v) is 16.4. The fourth-order valence-corrected chi connectivity index (χ4v) is 4.79. The van der Waals surface area contributed by atoms with Gasteiger partial charge in [0.15, 0.2) is 0 Å². The first-order valence-corrected chi connectivity index (χ1v) is 10.6. The number of amides is 2. The molecule has 0 radical (unpaired) electrons. The van der Waals surface area contributed by atoms with Crippen LogP contribution in [0.4, 0.5) is 0 Å². The molecule has 0 aromatic carbocycles. The molecule has 3 rings (SSSR count). The van der Waals surface area contributed by atoms with Gasteiger partial charge in [-0.3, -0.25) is 20.3 Å². The molecule has 3 saturated heterocycles. The molecule has 2 amide bonds. The first kappa shape index (κ1) is 20.4. The summed E-state index contributed by atoms with van der Waals surface area (Å²) in [4.78, 5) is 30.4. The number of thioether (sulfide) groups is 1. The van der Waals surface area contributed by atoms with Gasteiger partial charge in [-0.25, -0.2) is 5.01 Å².